The summed E-state index contributed by atoms with van der Waals surface area (Å²) in [6, 6.07) is 5.33. The lowest BCUT2D eigenvalue weighted by Gasteiger charge is -2.33. The Hall–Kier alpha value is -0.340. The van der Waals surface area contributed by atoms with E-state index in [1.54, 1.807) is 4.88 Å². The molecule has 108 valence electrons. The van der Waals surface area contributed by atoms with Gasteiger partial charge in [-0.3, -0.25) is 0 Å². The number of hydrogen-bond acceptors (Lipinski definition) is 2. The van der Waals surface area contributed by atoms with Crippen LogP contribution in [0, 0.1) is 11.8 Å². The average Bonchev–Trinajstić information content (AvgIpc) is 2.92. The van der Waals surface area contributed by atoms with E-state index in [0.717, 1.165) is 11.8 Å². The maximum Gasteiger partial charge on any atom is 0.0141 e. The Balaban J connectivity index is 1.89. The quantitative estimate of drug-likeness (QED) is 0.798. The molecule has 1 heterocycles. The lowest BCUT2D eigenvalue weighted by molar-refractivity contribution is 0.222. The topological polar surface area (TPSA) is 12.0 Å². The van der Waals surface area contributed by atoms with Gasteiger partial charge >= 0.3 is 0 Å². The second-order valence-corrected chi connectivity index (χ2v) is 7.26. The lowest BCUT2D eigenvalue weighted by Crippen LogP contribution is -2.37. The molecule has 2 heteroatoms. The number of rotatable bonds is 6. The van der Waals surface area contributed by atoms with Crippen LogP contribution in [0.2, 0.25) is 0 Å². The summed E-state index contributed by atoms with van der Waals surface area (Å²) in [6.45, 7) is 4.59. The predicted molar refractivity (Wildman–Crippen MR) is 86.0 cm³/mol. The number of thiophene rings is 1. The molecule has 0 bridgehead atoms. The van der Waals surface area contributed by atoms with E-state index < -0.39 is 0 Å². The van der Waals surface area contributed by atoms with E-state index in [-0.39, 0.29) is 0 Å². The first kappa shape index (κ1) is 15.1. The number of likely N-dealkylation sites (N-methyl/N-ethyl adjacent to an activating group) is 1. The molecule has 0 amide bonds. The van der Waals surface area contributed by atoms with Crippen LogP contribution in [0.1, 0.15) is 55.7 Å². The van der Waals surface area contributed by atoms with Gasteiger partial charge in [0, 0.05) is 15.8 Å². The smallest absolute Gasteiger partial charge is 0.0141 e. The molecule has 0 radical (unpaired) electrons. The van der Waals surface area contributed by atoms with Gasteiger partial charge in [-0.2, -0.15) is 0 Å². The molecule has 1 unspecified atom stereocenters. The minimum atomic E-state index is 0.682. The minimum Gasteiger partial charge on any atom is -0.316 e. The second kappa shape index (κ2) is 7.44. The maximum absolute atomic E-state index is 3.59. The molecule has 1 nitrogen and oxygen atoms in total. The van der Waals surface area contributed by atoms with Gasteiger partial charge in [-0.05, 0) is 56.7 Å². The van der Waals surface area contributed by atoms with E-state index in [1.165, 1.54) is 49.8 Å². The first-order valence-corrected chi connectivity index (χ1v) is 8.83. The second-order valence-electron chi connectivity index (χ2n) is 6.01. The molecule has 1 aliphatic rings. The average molecular weight is 279 g/mol. The fourth-order valence-corrected chi connectivity index (χ4v) is 4.46. The Bertz CT molecular complexity index is 363. The zero-order valence-corrected chi connectivity index (χ0v) is 13.6. The molecule has 1 atom stereocenters. The van der Waals surface area contributed by atoms with Crippen LogP contribution < -0.4 is 5.32 Å². The molecule has 0 aromatic carbocycles. The third-order valence-electron chi connectivity index (χ3n) is 4.90. The molecule has 1 saturated carbocycles. The molecule has 0 aliphatic heterocycles. The van der Waals surface area contributed by atoms with Crippen molar-refractivity contribution in [2.45, 2.75) is 64.8 Å². The molecular weight excluding hydrogens is 250 g/mol. The predicted octanol–water partition coefficient (Wildman–Crippen LogP) is 4.66. The van der Waals surface area contributed by atoms with E-state index in [4.69, 9.17) is 0 Å². The van der Waals surface area contributed by atoms with Crippen LogP contribution >= 0.6 is 11.3 Å². The van der Waals surface area contributed by atoms with Crippen molar-refractivity contribution in [2.24, 2.45) is 11.8 Å². The monoisotopic (exact) mass is 279 g/mol. The molecule has 0 spiro atoms. The highest BCUT2D eigenvalue weighted by atomic mass is 32.1. The summed E-state index contributed by atoms with van der Waals surface area (Å²) in [7, 11) is 2.14. The molecule has 1 fully saturated rings. The van der Waals surface area contributed by atoms with E-state index in [1.807, 2.05) is 11.3 Å². The first-order chi connectivity index (χ1) is 9.26. The van der Waals surface area contributed by atoms with Crippen molar-refractivity contribution in [3.8, 4) is 0 Å². The SMILES string of the molecule is CCc1ccc(CC(NC)C2CCC(CC)CC2)s1. The Labute approximate surface area is 122 Å². The van der Waals surface area contributed by atoms with Crippen molar-refractivity contribution in [2.75, 3.05) is 7.05 Å². The van der Waals surface area contributed by atoms with Crippen molar-refractivity contribution in [1.29, 1.82) is 0 Å². The Morgan fingerprint density at radius 3 is 2.37 bits per heavy atom. The van der Waals surface area contributed by atoms with Gasteiger partial charge in [0.2, 0.25) is 0 Å². The van der Waals surface area contributed by atoms with Crippen LogP contribution in [0.25, 0.3) is 0 Å². The van der Waals surface area contributed by atoms with Gasteiger partial charge in [0.1, 0.15) is 0 Å². The highest BCUT2D eigenvalue weighted by Crippen LogP contribution is 2.33. The largest absolute Gasteiger partial charge is 0.316 e. The van der Waals surface area contributed by atoms with Gasteiger partial charge in [0.25, 0.3) is 0 Å². The van der Waals surface area contributed by atoms with Crippen molar-refractivity contribution in [3.05, 3.63) is 21.9 Å². The lowest BCUT2D eigenvalue weighted by atomic mass is 9.77. The summed E-state index contributed by atoms with van der Waals surface area (Å²) >= 11 is 2.01. The molecular formula is C17H29NS. The van der Waals surface area contributed by atoms with Crippen molar-refractivity contribution in [1.82, 2.24) is 5.32 Å². The van der Waals surface area contributed by atoms with E-state index in [9.17, 15) is 0 Å². The van der Waals surface area contributed by atoms with Crippen LogP contribution in [0.5, 0.6) is 0 Å². The first-order valence-electron chi connectivity index (χ1n) is 8.01. The number of hydrogen-bond donors (Lipinski definition) is 1. The Morgan fingerprint density at radius 1 is 1.16 bits per heavy atom. The number of aryl methyl sites for hydroxylation is 1. The standard InChI is InChI=1S/C17H29NS/c1-4-13-6-8-14(9-7-13)17(18-3)12-16-11-10-15(5-2)19-16/h10-11,13-14,17-18H,4-9,12H2,1-3H3. The van der Waals surface area contributed by atoms with Crippen LogP contribution in [-0.4, -0.2) is 13.1 Å². The molecule has 1 aromatic heterocycles. The minimum absolute atomic E-state index is 0.682. The van der Waals surface area contributed by atoms with Gasteiger partial charge in [-0.1, -0.05) is 33.1 Å². The van der Waals surface area contributed by atoms with Gasteiger partial charge in [0.15, 0.2) is 0 Å². The highest BCUT2D eigenvalue weighted by Gasteiger charge is 2.26. The summed E-state index contributed by atoms with van der Waals surface area (Å²) in [5, 5.41) is 3.59. The molecule has 0 saturated heterocycles. The van der Waals surface area contributed by atoms with Crippen LogP contribution in [0.15, 0.2) is 12.1 Å². The Morgan fingerprint density at radius 2 is 1.84 bits per heavy atom. The fraction of sp³-hybridized carbons (Fsp3) is 0.765. The van der Waals surface area contributed by atoms with Gasteiger partial charge < -0.3 is 5.32 Å². The molecule has 2 rings (SSSR count). The molecule has 19 heavy (non-hydrogen) atoms. The van der Waals surface area contributed by atoms with Crippen molar-refractivity contribution < 1.29 is 0 Å². The van der Waals surface area contributed by atoms with E-state index in [2.05, 4.69) is 38.3 Å². The van der Waals surface area contributed by atoms with Gasteiger partial charge in [-0.15, -0.1) is 11.3 Å². The summed E-state index contributed by atoms with van der Waals surface area (Å²) < 4.78 is 0. The van der Waals surface area contributed by atoms with Gasteiger partial charge in [-0.25, -0.2) is 0 Å². The van der Waals surface area contributed by atoms with E-state index in [0.29, 0.717) is 6.04 Å². The van der Waals surface area contributed by atoms with Crippen molar-refractivity contribution >= 4 is 11.3 Å². The molecule has 1 aliphatic carbocycles. The Kier molecular flexibility index (Phi) is 5.90. The third kappa shape index (κ3) is 4.06. The molecule has 1 N–H and O–H groups in total. The van der Waals surface area contributed by atoms with Crippen molar-refractivity contribution in [3.63, 3.8) is 0 Å². The zero-order valence-electron chi connectivity index (χ0n) is 12.7. The zero-order chi connectivity index (χ0) is 13.7. The molecule has 1 aromatic rings. The van der Waals surface area contributed by atoms with Crippen LogP contribution in [0.3, 0.4) is 0 Å². The summed E-state index contributed by atoms with van der Waals surface area (Å²) in [6.07, 6.45) is 9.53. The van der Waals surface area contributed by atoms with Crippen LogP contribution in [-0.2, 0) is 12.8 Å². The van der Waals surface area contributed by atoms with Gasteiger partial charge in [0.05, 0.1) is 0 Å². The summed E-state index contributed by atoms with van der Waals surface area (Å²) in [4.78, 5) is 3.09. The summed E-state index contributed by atoms with van der Waals surface area (Å²) in [5.74, 6) is 1.89. The number of nitrogens with one attached hydrogen (secondary N) is 1. The van der Waals surface area contributed by atoms with Crippen LogP contribution in [0.4, 0.5) is 0 Å². The highest BCUT2D eigenvalue weighted by molar-refractivity contribution is 7.11. The van der Waals surface area contributed by atoms with E-state index >= 15 is 0 Å². The normalized spacial score (nSPS) is 25.4. The fourth-order valence-electron chi connectivity index (χ4n) is 3.44. The maximum atomic E-state index is 3.59. The summed E-state index contributed by atoms with van der Waals surface area (Å²) in [5.41, 5.74) is 0. The third-order valence-corrected chi connectivity index (χ3v) is 6.15.